The molecule has 4 rings (SSSR count). The third kappa shape index (κ3) is 5.31. The van der Waals surface area contributed by atoms with Crippen molar-refractivity contribution < 1.29 is 31.9 Å². The fourth-order valence-corrected chi connectivity index (χ4v) is 4.22. The van der Waals surface area contributed by atoms with E-state index in [1.165, 1.54) is 18.2 Å². The van der Waals surface area contributed by atoms with E-state index in [9.17, 15) is 27.2 Å². The van der Waals surface area contributed by atoms with Crippen LogP contribution in [0.25, 0.3) is 6.08 Å². The van der Waals surface area contributed by atoms with Gasteiger partial charge in [0.05, 0.1) is 17.0 Å². The van der Waals surface area contributed by atoms with Crippen LogP contribution >= 0.6 is 23.4 Å². The van der Waals surface area contributed by atoms with Gasteiger partial charge in [-0.25, -0.2) is 4.39 Å². The summed E-state index contributed by atoms with van der Waals surface area (Å²) >= 11 is 6.70. The highest BCUT2D eigenvalue weighted by atomic mass is 35.5. The molecule has 1 saturated heterocycles. The zero-order valence-electron chi connectivity index (χ0n) is 16.6. The molecule has 2 amide bonds. The zero-order valence-corrected chi connectivity index (χ0v) is 18.2. The molecule has 2 aromatic rings. The van der Waals surface area contributed by atoms with Gasteiger partial charge < -0.3 is 15.0 Å². The van der Waals surface area contributed by atoms with E-state index < -0.39 is 35.0 Å². The summed E-state index contributed by atoms with van der Waals surface area (Å²) in [5, 5.41) is 2.92. The normalized spacial score (nSPS) is 17.9. The van der Waals surface area contributed by atoms with Crippen molar-refractivity contribution in [3.05, 3.63) is 63.3 Å². The Hall–Kier alpha value is -3.05. The van der Waals surface area contributed by atoms with Crippen LogP contribution in [0.15, 0.2) is 46.3 Å². The van der Waals surface area contributed by atoms with Gasteiger partial charge in [-0.15, -0.1) is 0 Å². The molecule has 0 atom stereocenters. The van der Waals surface area contributed by atoms with Crippen LogP contribution in [0.3, 0.4) is 0 Å². The van der Waals surface area contributed by atoms with E-state index >= 15 is 0 Å². The smallest absolute Gasteiger partial charge is 0.420 e. The molecule has 12 heteroatoms. The number of piperazine rings is 1. The lowest BCUT2D eigenvalue weighted by Gasteiger charge is -2.27. The van der Waals surface area contributed by atoms with Crippen molar-refractivity contribution in [1.29, 1.82) is 0 Å². The van der Waals surface area contributed by atoms with Crippen LogP contribution in [0.1, 0.15) is 11.1 Å². The van der Waals surface area contributed by atoms with Gasteiger partial charge in [-0.05, 0) is 53.7 Å². The molecule has 0 unspecified atom stereocenters. The largest absolute Gasteiger partial charge is 0.454 e. The van der Waals surface area contributed by atoms with E-state index in [2.05, 4.69) is 10.3 Å². The van der Waals surface area contributed by atoms with Crippen molar-refractivity contribution in [2.24, 2.45) is 4.99 Å². The predicted molar refractivity (Wildman–Crippen MR) is 116 cm³/mol. The lowest BCUT2D eigenvalue weighted by atomic mass is 10.1. The summed E-state index contributed by atoms with van der Waals surface area (Å²) in [6.45, 7) is 1.02. The summed E-state index contributed by atoms with van der Waals surface area (Å²) in [5.74, 6) is -2.65. The second-order valence-corrected chi connectivity index (χ2v) is 8.46. The maximum Gasteiger partial charge on any atom is 0.420 e. The first-order valence-corrected chi connectivity index (χ1v) is 10.7. The quantitative estimate of drug-likeness (QED) is 0.490. The van der Waals surface area contributed by atoms with Crippen LogP contribution in [0, 0.1) is 5.82 Å². The third-order valence-corrected chi connectivity index (χ3v) is 5.92. The number of carbonyl (C=O) groups excluding carboxylic acids is 2. The highest BCUT2D eigenvalue weighted by Gasteiger charge is 2.35. The van der Waals surface area contributed by atoms with Gasteiger partial charge in [0.15, 0.2) is 16.7 Å². The van der Waals surface area contributed by atoms with Crippen molar-refractivity contribution in [3.8, 4) is 11.5 Å². The Kier molecular flexibility index (Phi) is 6.35. The van der Waals surface area contributed by atoms with Crippen molar-refractivity contribution in [2.75, 3.05) is 19.6 Å². The minimum absolute atomic E-state index is 0.0810. The number of amides is 2. The van der Waals surface area contributed by atoms with E-state index in [0.717, 1.165) is 30.0 Å². The monoisotopic (exact) mass is 499 g/mol. The molecule has 172 valence electrons. The molecule has 0 aliphatic carbocycles. The molecular formula is C21H14ClF4N3O3S. The number of aliphatic imine (C=N–C) groups is 1. The van der Waals surface area contributed by atoms with Gasteiger partial charge in [-0.3, -0.25) is 9.59 Å². The Morgan fingerprint density at radius 1 is 1.15 bits per heavy atom. The molecule has 6 nitrogen and oxygen atoms in total. The van der Waals surface area contributed by atoms with Crippen LogP contribution < -0.4 is 10.1 Å². The molecule has 0 bridgehead atoms. The highest BCUT2D eigenvalue weighted by Crippen LogP contribution is 2.40. The first kappa shape index (κ1) is 23.1. The maximum absolute atomic E-state index is 14.6. The minimum atomic E-state index is -4.74. The first-order chi connectivity index (χ1) is 15.6. The highest BCUT2D eigenvalue weighted by molar-refractivity contribution is 8.18. The number of hydrogen-bond donors (Lipinski definition) is 1. The number of rotatable bonds is 3. The van der Waals surface area contributed by atoms with Gasteiger partial charge in [-0.2, -0.15) is 18.2 Å². The van der Waals surface area contributed by atoms with Gasteiger partial charge in [0.2, 0.25) is 5.91 Å². The van der Waals surface area contributed by atoms with Gasteiger partial charge in [-0.1, -0.05) is 17.7 Å². The van der Waals surface area contributed by atoms with E-state index in [1.54, 1.807) is 4.90 Å². The molecule has 33 heavy (non-hydrogen) atoms. The molecule has 0 radical (unpaired) electrons. The Bertz CT molecular complexity index is 1200. The van der Waals surface area contributed by atoms with Crippen LogP contribution in [-0.2, 0) is 15.8 Å². The maximum atomic E-state index is 14.6. The second-order valence-electron chi connectivity index (χ2n) is 7.01. The number of amidine groups is 1. The van der Waals surface area contributed by atoms with Crippen molar-refractivity contribution in [2.45, 2.75) is 6.18 Å². The first-order valence-electron chi connectivity index (χ1n) is 9.48. The molecule has 0 aromatic heterocycles. The van der Waals surface area contributed by atoms with Crippen molar-refractivity contribution in [3.63, 3.8) is 0 Å². The van der Waals surface area contributed by atoms with Gasteiger partial charge in [0.1, 0.15) is 5.75 Å². The number of halogens is 5. The molecular weight excluding hydrogens is 486 g/mol. The van der Waals surface area contributed by atoms with Crippen molar-refractivity contribution in [1.82, 2.24) is 10.2 Å². The molecule has 1 fully saturated rings. The van der Waals surface area contributed by atoms with Gasteiger partial charge >= 0.3 is 6.18 Å². The topological polar surface area (TPSA) is 71.0 Å². The number of ether oxygens (including phenoxy) is 1. The predicted octanol–water partition coefficient (Wildman–Crippen LogP) is 4.69. The van der Waals surface area contributed by atoms with Crippen LogP contribution in [0.4, 0.5) is 17.6 Å². The summed E-state index contributed by atoms with van der Waals surface area (Å²) in [7, 11) is 0. The minimum Gasteiger partial charge on any atom is -0.454 e. The summed E-state index contributed by atoms with van der Waals surface area (Å²) in [4.78, 5) is 29.6. The molecule has 1 N–H and O–H groups in total. The number of nitrogens with zero attached hydrogens (tertiary/aromatic N) is 2. The van der Waals surface area contributed by atoms with Crippen LogP contribution in [0.2, 0.25) is 5.02 Å². The molecule has 2 aliphatic rings. The molecule has 2 aromatic carbocycles. The molecule has 0 saturated carbocycles. The fourth-order valence-electron chi connectivity index (χ4n) is 3.11. The number of hydrogen-bond acceptors (Lipinski definition) is 5. The number of nitrogens with one attached hydrogen (secondary N) is 1. The van der Waals surface area contributed by atoms with E-state index in [0.29, 0.717) is 24.3 Å². The summed E-state index contributed by atoms with van der Waals surface area (Å²) in [6.07, 6.45) is -3.34. The Morgan fingerprint density at radius 2 is 1.91 bits per heavy atom. The molecule has 0 spiro atoms. The average Bonchev–Trinajstić information content (AvgIpc) is 3.11. The number of benzene rings is 2. The molecule has 2 aliphatic heterocycles. The third-order valence-electron chi connectivity index (χ3n) is 4.64. The lowest BCUT2D eigenvalue weighted by Crippen LogP contribution is -2.49. The Labute approximate surface area is 194 Å². The summed E-state index contributed by atoms with van der Waals surface area (Å²) < 4.78 is 59.5. The van der Waals surface area contributed by atoms with E-state index in [4.69, 9.17) is 16.3 Å². The van der Waals surface area contributed by atoms with E-state index in [-0.39, 0.29) is 27.9 Å². The Morgan fingerprint density at radius 3 is 2.61 bits per heavy atom. The molecule has 2 heterocycles. The average molecular weight is 500 g/mol. The summed E-state index contributed by atoms with van der Waals surface area (Å²) in [5.41, 5.74) is -0.847. The van der Waals surface area contributed by atoms with E-state index in [1.807, 2.05) is 0 Å². The van der Waals surface area contributed by atoms with Gasteiger partial charge in [0, 0.05) is 18.1 Å². The van der Waals surface area contributed by atoms with Crippen LogP contribution in [-0.4, -0.2) is 41.5 Å². The van der Waals surface area contributed by atoms with Gasteiger partial charge in [0.25, 0.3) is 5.91 Å². The van der Waals surface area contributed by atoms with Crippen molar-refractivity contribution >= 4 is 46.4 Å². The van der Waals surface area contributed by atoms with Crippen LogP contribution in [0.5, 0.6) is 11.5 Å². The SMILES string of the molecule is O=C1CN(C2=NC(=O)C(=Cc3ccc(Oc4ccc(Cl)cc4C(F)(F)F)c(F)c3)S2)CCN1. The standard InChI is InChI=1S/C21H14ClF4N3O3S/c22-12-2-4-15(13(9-12)21(24,25)26)32-16-3-1-11(7-14(16)23)8-17-19(31)28-20(33-17)29-6-5-27-18(30)10-29/h1-4,7-9H,5-6,10H2,(H,27,30). The second kappa shape index (κ2) is 9.06. The lowest BCUT2D eigenvalue weighted by molar-refractivity contribution is -0.138. The number of carbonyl (C=O) groups is 2. The summed E-state index contributed by atoms with van der Waals surface area (Å²) in [6, 6.07) is 6.50. The number of thioether (sulfide) groups is 1. The zero-order chi connectivity index (χ0) is 23.8. The Balaban J connectivity index is 1.52. The fraction of sp³-hybridized carbons (Fsp3) is 0.190. The number of alkyl halides is 3.